The van der Waals surface area contributed by atoms with E-state index in [2.05, 4.69) is 18.2 Å². The van der Waals surface area contributed by atoms with Crippen LogP contribution in [-0.4, -0.2) is 11.1 Å². The van der Waals surface area contributed by atoms with E-state index in [1.165, 1.54) is 16.2 Å². The molecule has 1 N–H and O–H groups in total. The van der Waals surface area contributed by atoms with Crippen LogP contribution in [0, 0.1) is 0 Å². The fourth-order valence-electron chi connectivity index (χ4n) is 2.64. The first-order valence-corrected chi connectivity index (χ1v) is 8.17. The SMILES string of the molecule is O=C(O)c1scc2c1-c1ccccc1Sc1ccccc1-2. The Balaban J connectivity index is 2.14. The lowest BCUT2D eigenvalue weighted by Gasteiger charge is -2.06. The average molecular weight is 310 g/mol. The molecule has 0 saturated heterocycles. The molecule has 2 heterocycles. The van der Waals surface area contributed by atoms with E-state index in [9.17, 15) is 9.90 Å². The number of rotatable bonds is 1. The number of hydrogen-bond donors (Lipinski definition) is 1. The number of carboxylic acid groups (broad SMARTS) is 1. The molecule has 0 atom stereocenters. The van der Waals surface area contributed by atoms with Crippen molar-refractivity contribution >= 4 is 29.1 Å². The summed E-state index contributed by atoms with van der Waals surface area (Å²) in [4.78, 5) is 14.3. The molecule has 102 valence electrons. The van der Waals surface area contributed by atoms with Crippen molar-refractivity contribution in [2.75, 3.05) is 0 Å². The molecule has 0 saturated carbocycles. The number of thiophene rings is 1. The maximum Gasteiger partial charge on any atom is 0.346 e. The maximum atomic E-state index is 11.6. The summed E-state index contributed by atoms with van der Waals surface area (Å²) in [5.41, 5.74) is 3.98. The molecule has 0 amide bonds. The lowest BCUT2D eigenvalue weighted by Crippen LogP contribution is -1.95. The fraction of sp³-hybridized carbons (Fsp3) is 0. The molecule has 2 aromatic carbocycles. The lowest BCUT2D eigenvalue weighted by atomic mass is 9.97. The van der Waals surface area contributed by atoms with Crippen LogP contribution in [0.4, 0.5) is 0 Å². The standard InChI is InChI=1S/C17H10O2S2/c18-17(19)16-15-11-6-2-4-8-14(11)21-13-7-3-1-5-10(13)12(15)9-20-16/h1-9H,(H,18,19). The van der Waals surface area contributed by atoms with Crippen molar-refractivity contribution in [1.29, 1.82) is 0 Å². The van der Waals surface area contributed by atoms with E-state index in [1.807, 2.05) is 35.7 Å². The Morgan fingerprint density at radius 3 is 2.19 bits per heavy atom. The number of hydrogen-bond acceptors (Lipinski definition) is 3. The predicted molar refractivity (Wildman–Crippen MR) is 86.3 cm³/mol. The van der Waals surface area contributed by atoms with Gasteiger partial charge in [-0.05, 0) is 23.3 Å². The number of aromatic carboxylic acids is 1. The highest BCUT2D eigenvalue weighted by Gasteiger charge is 2.25. The van der Waals surface area contributed by atoms with Crippen LogP contribution in [0.2, 0.25) is 0 Å². The molecule has 1 aliphatic rings. The number of carboxylic acids is 1. The minimum absolute atomic E-state index is 0.412. The van der Waals surface area contributed by atoms with Gasteiger partial charge in [0.05, 0.1) is 0 Å². The zero-order valence-electron chi connectivity index (χ0n) is 10.9. The molecule has 0 unspecified atom stereocenters. The summed E-state index contributed by atoms with van der Waals surface area (Å²) in [5.74, 6) is -0.861. The van der Waals surface area contributed by atoms with Crippen molar-refractivity contribution < 1.29 is 9.90 Å². The maximum absolute atomic E-state index is 11.6. The van der Waals surface area contributed by atoms with Crippen LogP contribution in [0.15, 0.2) is 63.7 Å². The van der Waals surface area contributed by atoms with Gasteiger partial charge in [-0.1, -0.05) is 48.2 Å². The van der Waals surface area contributed by atoms with Crippen molar-refractivity contribution in [3.05, 3.63) is 58.8 Å². The first-order chi connectivity index (χ1) is 10.3. The van der Waals surface area contributed by atoms with Gasteiger partial charge < -0.3 is 5.11 Å². The topological polar surface area (TPSA) is 37.3 Å². The van der Waals surface area contributed by atoms with E-state index in [0.717, 1.165) is 27.1 Å². The number of fused-ring (bicyclic) bond motifs is 5. The van der Waals surface area contributed by atoms with E-state index in [-0.39, 0.29) is 0 Å². The van der Waals surface area contributed by atoms with Gasteiger partial charge in [0, 0.05) is 26.3 Å². The quantitative estimate of drug-likeness (QED) is 0.522. The molecule has 0 aliphatic carbocycles. The Bertz CT molecular complexity index is 865. The predicted octanol–water partition coefficient (Wildman–Crippen LogP) is 5.24. The van der Waals surface area contributed by atoms with Crippen LogP contribution < -0.4 is 0 Å². The minimum Gasteiger partial charge on any atom is -0.477 e. The third-order valence-electron chi connectivity index (χ3n) is 3.54. The van der Waals surface area contributed by atoms with Crippen molar-refractivity contribution in [2.45, 2.75) is 9.79 Å². The number of benzene rings is 2. The van der Waals surface area contributed by atoms with Crippen LogP contribution in [0.25, 0.3) is 22.3 Å². The summed E-state index contributed by atoms with van der Waals surface area (Å²) >= 11 is 3.00. The molecule has 0 fully saturated rings. The second-order valence-corrected chi connectivity index (χ2v) is 6.72. The molecule has 4 rings (SSSR count). The zero-order chi connectivity index (χ0) is 14.4. The highest BCUT2D eigenvalue weighted by molar-refractivity contribution is 7.99. The molecule has 21 heavy (non-hydrogen) atoms. The van der Waals surface area contributed by atoms with Crippen LogP contribution >= 0.6 is 23.1 Å². The average Bonchev–Trinajstić information content (AvgIpc) is 2.88. The second kappa shape index (κ2) is 4.76. The third kappa shape index (κ3) is 1.91. The van der Waals surface area contributed by atoms with Gasteiger partial charge in [-0.15, -0.1) is 11.3 Å². The molecule has 0 radical (unpaired) electrons. The van der Waals surface area contributed by atoms with Gasteiger partial charge >= 0.3 is 5.97 Å². The van der Waals surface area contributed by atoms with Gasteiger partial charge in [-0.3, -0.25) is 0 Å². The largest absolute Gasteiger partial charge is 0.477 e. The van der Waals surface area contributed by atoms with E-state index in [1.54, 1.807) is 11.8 Å². The highest BCUT2D eigenvalue weighted by Crippen LogP contribution is 2.50. The van der Waals surface area contributed by atoms with E-state index < -0.39 is 5.97 Å². The van der Waals surface area contributed by atoms with Crippen molar-refractivity contribution in [3.8, 4) is 22.3 Å². The summed E-state index contributed by atoms with van der Waals surface area (Å²) in [6.07, 6.45) is 0. The Labute approximate surface area is 130 Å². The Morgan fingerprint density at radius 2 is 1.48 bits per heavy atom. The molecule has 3 aromatic rings. The molecule has 1 aliphatic heterocycles. The third-order valence-corrected chi connectivity index (χ3v) is 5.66. The van der Waals surface area contributed by atoms with Crippen LogP contribution in [0.1, 0.15) is 9.67 Å². The van der Waals surface area contributed by atoms with Crippen LogP contribution in [0.5, 0.6) is 0 Å². The molecular formula is C17H10O2S2. The molecule has 1 aromatic heterocycles. The molecule has 0 bridgehead atoms. The summed E-state index contributed by atoms with van der Waals surface area (Å²) in [6.45, 7) is 0. The van der Waals surface area contributed by atoms with Gasteiger partial charge in [-0.25, -0.2) is 4.79 Å². The fourth-order valence-corrected chi connectivity index (χ4v) is 4.66. The smallest absolute Gasteiger partial charge is 0.346 e. The second-order valence-electron chi connectivity index (χ2n) is 4.75. The Morgan fingerprint density at radius 1 is 0.857 bits per heavy atom. The van der Waals surface area contributed by atoms with E-state index in [0.29, 0.717) is 4.88 Å². The summed E-state index contributed by atoms with van der Waals surface area (Å²) in [6, 6.07) is 16.2. The Kier molecular flexibility index (Phi) is 2.87. The lowest BCUT2D eigenvalue weighted by molar-refractivity contribution is 0.0703. The van der Waals surface area contributed by atoms with E-state index in [4.69, 9.17) is 0 Å². The van der Waals surface area contributed by atoms with Crippen molar-refractivity contribution in [3.63, 3.8) is 0 Å². The van der Waals surface area contributed by atoms with Crippen LogP contribution in [0.3, 0.4) is 0 Å². The molecule has 2 nitrogen and oxygen atoms in total. The first-order valence-electron chi connectivity index (χ1n) is 6.47. The summed E-state index contributed by atoms with van der Waals surface area (Å²) in [5, 5.41) is 11.5. The van der Waals surface area contributed by atoms with Crippen LogP contribution in [-0.2, 0) is 0 Å². The molecule has 4 heteroatoms. The normalized spacial score (nSPS) is 12.0. The molecular weight excluding hydrogens is 300 g/mol. The van der Waals surface area contributed by atoms with Gasteiger partial charge in [0.25, 0.3) is 0 Å². The number of carbonyl (C=O) groups is 1. The Hall–Kier alpha value is -2.04. The minimum atomic E-state index is -0.861. The van der Waals surface area contributed by atoms with Gasteiger partial charge in [0.15, 0.2) is 0 Å². The monoisotopic (exact) mass is 310 g/mol. The zero-order valence-corrected chi connectivity index (χ0v) is 12.5. The molecule has 0 spiro atoms. The first kappa shape index (κ1) is 12.7. The van der Waals surface area contributed by atoms with Crippen molar-refractivity contribution in [1.82, 2.24) is 0 Å². The highest BCUT2D eigenvalue weighted by atomic mass is 32.2. The summed E-state index contributed by atoms with van der Waals surface area (Å²) < 4.78 is 0. The van der Waals surface area contributed by atoms with Gasteiger partial charge in [-0.2, -0.15) is 0 Å². The van der Waals surface area contributed by atoms with Gasteiger partial charge in [0.1, 0.15) is 4.88 Å². The van der Waals surface area contributed by atoms with Crippen molar-refractivity contribution in [2.24, 2.45) is 0 Å². The summed E-state index contributed by atoms with van der Waals surface area (Å²) in [7, 11) is 0. The van der Waals surface area contributed by atoms with Gasteiger partial charge in [0.2, 0.25) is 0 Å². The van der Waals surface area contributed by atoms with E-state index >= 15 is 0 Å².